The summed E-state index contributed by atoms with van der Waals surface area (Å²) in [7, 11) is 0. The molecule has 0 aromatic carbocycles. The molecule has 0 saturated carbocycles. The van der Waals surface area contributed by atoms with Crippen LogP contribution in [0, 0.1) is 5.92 Å². The standard InChI is InChI=1S/C17H32N2O2/c1-14(18-10-4-5-11-18)6-7-16(20)19-12-8-15(9-13-19)17(2,3)21/h14-15,21H,4-13H2,1-3H3. The maximum atomic E-state index is 12.3. The van der Waals surface area contributed by atoms with E-state index in [0.717, 1.165) is 32.4 Å². The topological polar surface area (TPSA) is 43.8 Å². The maximum Gasteiger partial charge on any atom is 0.222 e. The highest BCUT2D eigenvalue weighted by molar-refractivity contribution is 5.76. The molecule has 2 saturated heterocycles. The van der Waals surface area contributed by atoms with Crippen LogP contribution in [0.15, 0.2) is 0 Å². The summed E-state index contributed by atoms with van der Waals surface area (Å²) in [6.45, 7) is 10.0. The zero-order valence-electron chi connectivity index (χ0n) is 14.0. The van der Waals surface area contributed by atoms with E-state index in [2.05, 4.69) is 11.8 Å². The van der Waals surface area contributed by atoms with E-state index in [1.807, 2.05) is 18.7 Å². The number of hydrogen-bond acceptors (Lipinski definition) is 3. The molecule has 4 heteroatoms. The van der Waals surface area contributed by atoms with Crippen molar-refractivity contribution < 1.29 is 9.90 Å². The number of hydrogen-bond donors (Lipinski definition) is 1. The molecule has 1 atom stereocenters. The second kappa shape index (κ2) is 7.10. The maximum absolute atomic E-state index is 12.3. The lowest BCUT2D eigenvalue weighted by Gasteiger charge is -2.38. The predicted octanol–water partition coefficient (Wildman–Crippen LogP) is 2.26. The number of carbonyl (C=O) groups is 1. The first-order valence-corrected chi connectivity index (χ1v) is 8.62. The van der Waals surface area contributed by atoms with Crippen LogP contribution in [0.25, 0.3) is 0 Å². The third-order valence-electron chi connectivity index (χ3n) is 5.39. The molecule has 0 spiro atoms. The zero-order chi connectivity index (χ0) is 15.5. The molecule has 21 heavy (non-hydrogen) atoms. The van der Waals surface area contributed by atoms with Gasteiger partial charge in [0.25, 0.3) is 0 Å². The molecular weight excluding hydrogens is 264 g/mol. The molecule has 2 fully saturated rings. The van der Waals surface area contributed by atoms with Gasteiger partial charge >= 0.3 is 0 Å². The molecule has 0 aliphatic carbocycles. The van der Waals surface area contributed by atoms with Gasteiger partial charge in [-0.05, 0) is 71.9 Å². The van der Waals surface area contributed by atoms with E-state index >= 15 is 0 Å². The summed E-state index contributed by atoms with van der Waals surface area (Å²) in [5.41, 5.74) is -0.612. The van der Waals surface area contributed by atoms with Crippen LogP contribution in [0.3, 0.4) is 0 Å². The number of amides is 1. The van der Waals surface area contributed by atoms with Crippen LogP contribution in [0.4, 0.5) is 0 Å². The summed E-state index contributed by atoms with van der Waals surface area (Å²) in [6.07, 6.45) is 6.12. The van der Waals surface area contributed by atoms with Gasteiger partial charge in [0.1, 0.15) is 0 Å². The molecule has 4 nitrogen and oxygen atoms in total. The molecule has 2 aliphatic rings. The fourth-order valence-corrected chi connectivity index (χ4v) is 3.69. The highest BCUT2D eigenvalue weighted by Crippen LogP contribution is 2.28. The fourth-order valence-electron chi connectivity index (χ4n) is 3.69. The normalized spacial score (nSPS) is 23.5. The van der Waals surface area contributed by atoms with Gasteiger partial charge in [-0.3, -0.25) is 4.79 Å². The Kier molecular flexibility index (Phi) is 5.67. The van der Waals surface area contributed by atoms with E-state index in [1.54, 1.807) is 0 Å². The van der Waals surface area contributed by atoms with Gasteiger partial charge in [-0.15, -0.1) is 0 Å². The summed E-state index contributed by atoms with van der Waals surface area (Å²) in [5, 5.41) is 10.1. The average Bonchev–Trinajstić information content (AvgIpc) is 2.98. The molecule has 0 bridgehead atoms. The monoisotopic (exact) mass is 296 g/mol. The highest BCUT2D eigenvalue weighted by atomic mass is 16.3. The van der Waals surface area contributed by atoms with Crippen LogP contribution in [-0.4, -0.2) is 58.6 Å². The smallest absolute Gasteiger partial charge is 0.222 e. The van der Waals surface area contributed by atoms with Gasteiger partial charge in [0.05, 0.1) is 5.60 Å². The lowest BCUT2D eigenvalue weighted by Crippen LogP contribution is -2.44. The average molecular weight is 296 g/mol. The van der Waals surface area contributed by atoms with Crippen molar-refractivity contribution in [1.29, 1.82) is 0 Å². The zero-order valence-corrected chi connectivity index (χ0v) is 14.0. The molecule has 1 unspecified atom stereocenters. The number of aliphatic hydroxyl groups is 1. The molecule has 0 aromatic rings. The summed E-state index contributed by atoms with van der Waals surface area (Å²) in [4.78, 5) is 16.8. The molecule has 1 N–H and O–H groups in total. The quantitative estimate of drug-likeness (QED) is 0.846. The minimum atomic E-state index is -0.612. The van der Waals surface area contributed by atoms with Crippen LogP contribution < -0.4 is 0 Å². The predicted molar refractivity (Wildman–Crippen MR) is 85.1 cm³/mol. The van der Waals surface area contributed by atoms with Crippen molar-refractivity contribution in [3.63, 3.8) is 0 Å². The lowest BCUT2D eigenvalue weighted by atomic mass is 9.83. The van der Waals surface area contributed by atoms with Gasteiger partial charge in [-0.2, -0.15) is 0 Å². The first kappa shape index (κ1) is 16.8. The minimum absolute atomic E-state index is 0.301. The minimum Gasteiger partial charge on any atom is -0.390 e. The molecule has 2 heterocycles. The Morgan fingerprint density at radius 1 is 1.19 bits per heavy atom. The largest absolute Gasteiger partial charge is 0.390 e. The number of nitrogens with zero attached hydrogens (tertiary/aromatic N) is 2. The SMILES string of the molecule is CC(CCC(=O)N1CCC(C(C)(C)O)CC1)N1CCCC1. The van der Waals surface area contributed by atoms with E-state index in [0.29, 0.717) is 24.3 Å². The first-order chi connectivity index (χ1) is 9.88. The van der Waals surface area contributed by atoms with Gasteiger partial charge in [0.15, 0.2) is 0 Å². The third-order valence-corrected chi connectivity index (χ3v) is 5.39. The van der Waals surface area contributed by atoms with Crippen molar-refractivity contribution in [3.05, 3.63) is 0 Å². The third kappa shape index (κ3) is 4.68. The van der Waals surface area contributed by atoms with Crippen molar-refractivity contribution in [2.45, 2.75) is 70.9 Å². The highest BCUT2D eigenvalue weighted by Gasteiger charge is 2.32. The van der Waals surface area contributed by atoms with Crippen molar-refractivity contribution >= 4 is 5.91 Å². The number of rotatable bonds is 5. The molecule has 0 radical (unpaired) electrons. The second-order valence-corrected chi connectivity index (χ2v) is 7.44. The van der Waals surface area contributed by atoms with Gasteiger partial charge in [0.2, 0.25) is 5.91 Å². The molecule has 2 aliphatic heterocycles. The summed E-state index contributed by atoms with van der Waals surface area (Å²) in [5.74, 6) is 0.625. The second-order valence-electron chi connectivity index (χ2n) is 7.44. The van der Waals surface area contributed by atoms with Gasteiger partial charge in [-0.1, -0.05) is 0 Å². The molecule has 2 rings (SSSR count). The Morgan fingerprint density at radius 3 is 2.29 bits per heavy atom. The van der Waals surface area contributed by atoms with Crippen molar-refractivity contribution in [1.82, 2.24) is 9.80 Å². The first-order valence-electron chi connectivity index (χ1n) is 8.62. The van der Waals surface area contributed by atoms with E-state index in [-0.39, 0.29) is 0 Å². The van der Waals surface area contributed by atoms with Crippen molar-refractivity contribution in [2.75, 3.05) is 26.2 Å². The van der Waals surface area contributed by atoms with Gasteiger partial charge < -0.3 is 14.9 Å². The lowest BCUT2D eigenvalue weighted by molar-refractivity contribution is -0.134. The van der Waals surface area contributed by atoms with E-state index in [1.165, 1.54) is 25.9 Å². The van der Waals surface area contributed by atoms with Crippen molar-refractivity contribution in [2.24, 2.45) is 5.92 Å². The molecular formula is C17H32N2O2. The van der Waals surface area contributed by atoms with Crippen LogP contribution in [-0.2, 0) is 4.79 Å². The molecule has 0 aromatic heterocycles. The van der Waals surface area contributed by atoms with Gasteiger partial charge in [-0.25, -0.2) is 0 Å². The Bertz CT molecular complexity index is 337. The fraction of sp³-hybridized carbons (Fsp3) is 0.941. The summed E-state index contributed by atoms with van der Waals surface area (Å²) < 4.78 is 0. The molecule has 122 valence electrons. The number of carbonyl (C=O) groups excluding carboxylic acids is 1. The Hall–Kier alpha value is -0.610. The van der Waals surface area contributed by atoms with Gasteiger partial charge in [0, 0.05) is 25.6 Å². The van der Waals surface area contributed by atoms with E-state index in [4.69, 9.17) is 0 Å². The van der Waals surface area contributed by atoms with Crippen LogP contribution in [0.2, 0.25) is 0 Å². The summed E-state index contributed by atoms with van der Waals surface area (Å²) in [6, 6.07) is 0.533. The van der Waals surface area contributed by atoms with Crippen LogP contribution in [0.5, 0.6) is 0 Å². The van der Waals surface area contributed by atoms with Crippen LogP contribution in [0.1, 0.15) is 59.3 Å². The summed E-state index contributed by atoms with van der Waals surface area (Å²) >= 11 is 0. The number of piperidine rings is 1. The van der Waals surface area contributed by atoms with Crippen LogP contribution >= 0.6 is 0 Å². The Morgan fingerprint density at radius 2 is 1.76 bits per heavy atom. The molecule has 1 amide bonds. The van der Waals surface area contributed by atoms with E-state index in [9.17, 15) is 9.90 Å². The number of likely N-dealkylation sites (tertiary alicyclic amines) is 2. The van der Waals surface area contributed by atoms with E-state index < -0.39 is 5.60 Å². The Balaban J connectivity index is 1.70. The Labute approximate surface area is 129 Å². The van der Waals surface area contributed by atoms with Crippen molar-refractivity contribution in [3.8, 4) is 0 Å².